The second-order valence-corrected chi connectivity index (χ2v) is 7.75. The van der Waals surface area contributed by atoms with E-state index in [1.54, 1.807) is 0 Å². The molecule has 0 unspecified atom stereocenters. The summed E-state index contributed by atoms with van der Waals surface area (Å²) in [7, 11) is 0. The molecule has 4 heteroatoms. The summed E-state index contributed by atoms with van der Waals surface area (Å²) in [6, 6.07) is 16.8. The van der Waals surface area contributed by atoms with E-state index in [9.17, 15) is 4.79 Å². The number of hydrogen-bond acceptors (Lipinski definition) is 3. The average Bonchev–Trinajstić information content (AvgIpc) is 3.25. The third-order valence-corrected chi connectivity index (χ3v) is 6.05. The minimum absolute atomic E-state index is 0.181. The van der Waals surface area contributed by atoms with Crippen molar-refractivity contribution in [1.82, 2.24) is 10.2 Å². The molecule has 4 nitrogen and oxygen atoms in total. The van der Waals surface area contributed by atoms with E-state index in [1.807, 2.05) is 17.0 Å². The summed E-state index contributed by atoms with van der Waals surface area (Å²) in [5.74, 6) is 0.181. The van der Waals surface area contributed by atoms with Gasteiger partial charge in [0.2, 0.25) is 0 Å². The average molecular weight is 333 g/mol. The molecule has 1 amide bonds. The van der Waals surface area contributed by atoms with Crippen LogP contribution in [0.5, 0.6) is 0 Å². The van der Waals surface area contributed by atoms with E-state index in [2.05, 4.69) is 46.6 Å². The number of amides is 1. The molecule has 2 saturated heterocycles. The highest BCUT2D eigenvalue weighted by atomic mass is 16.2. The third kappa shape index (κ3) is 2.52. The predicted molar refractivity (Wildman–Crippen MR) is 98.6 cm³/mol. The Labute approximate surface area is 148 Å². The predicted octanol–water partition coefficient (Wildman–Crippen LogP) is 2.64. The first kappa shape index (κ1) is 15.0. The number of carbonyl (C=O) groups is 1. The summed E-state index contributed by atoms with van der Waals surface area (Å²) < 4.78 is 0. The highest BCUT2D eigenvalue weighted by Crippen LogP contribution is 2.35. The van der Waals surface area contributed by atoms with Gasteiger partial charge in [0.1, 0.15) is 0 Å². The van der Waals surface area contributed by atoms with Crippen LogP contribution in [0, 0.1) is 5.41 Å². The minimum atomic E-state index is 0.181. The van der Waals surface area contributed by atoms with Gasteiger partial charge in [-0.3, -0.25) is 4.79 Å². The molecule has 3 aliphatic heterocycles. The smallest absolute Gasteiger partial charge is 0.253 e. The lowest BCUT2D eigenvalue weighted by molar-refractivity contribution is 0.0752. The molecule has 1 N–H and O–H groups in total. The molecule has 1 spiro atoms. The monoisotopic (exact) mass is 333 g/mol. The Hall–Kier alpha value is -2.33. The minimum Gasteiger partial charge on any atom is -0.363 e. The van der Waals surface area contributed by atoms with Gasteiger partial charge in [-0.1, -0.05) is 24.3 Å². The second-order valence-electron chi connectivity index (χ2n) is 7.75. The Morgan fingerprint density at radius 1 is 0.960 bits per heavy atom. The van der Waals surface area contributed by atoms with Crippen molar-refractivity contribution in [2.24, 2.45) is 5.41 Å². The van der Waals surface area contributed by atoms with E-state index in [1.165, 1.54) is 16.8 Å². The summed E-state index contributed by atoms with van der Waals surface area (Å²) in [5, 5.41) is 3.35. The molecule has 0 aliphatic carbocycles. The number of likely N-dealkylation sites (tertiary alicyclic amines) is 1. The molecule has 3 aliphatic rings. The van der Waals surface area contributed by atoms with Gasteiger partial charge < -0.3 is 15.1 Å². The Morgan fingerprint density at radius 3 is 2.20 bits per heavy atom. The maximum absolute atomic E-state index is 12.8. The summed E-state index contributed by atoms with van der Waals surface area (Å²) in [6.45, 7) is 5.82. The van der Waals surface area contributed by atoms with E-state index >= 15 is 0 Å². The molecule has 128 valence electrons. The van der Waals surface area contributed by atoms with Crippen LogP contribution in [-0.4, -0.2) is 37.0 Å². The molecule has 0 bridgehead atoms. The van der Waals surface area contributed by atoms with Crippen molar-refractivity contribution in [2.45, 2.75) is 19.5 Å². The fraction of sp³-hybridized carbons (Fsp3) is 0.381. The molecule has 25 heavy (non-hydrogen) atoms. The van der Waals surface area contributed by atoms with E-state index < -0.39 is 0 Å². The first-order valence-electron chi connectivity index (χ1n) is 9.14. The van der Waals surface area contributed by atoms with Crippen LogP contribution in [0.1, 0.15) is 27.9 Å². The van der Waals surface area contributed by atoms with Gasteiger partial charge in [0.05, 0.1) is 0 Å². The number of benzene rings is 2. The van der Waals surface area contributed by atoms with Crippen LogP contribution in [-0.2, 0) is 13.1 Å². The van der Waals surface area contributed by atoms with E-state index in [4.69, 9.17) is 0 Å². The lowest BCUT2D eigenvalue weighted by Crippen LogP contribution is -2.55. The summed E-state index contributed by atoms with van der Waals surface area (Å²) in [5.41, 5.74) is 5.16. The van der Waals surface area contributed by atoms with Crippen LogP contribution in [0.3, 0.4) is 0 Å². The van der Waals surface area contributed by atoms with Crippen molar-refractivity contribution in [2.75, 3.05) is 31.1 Å². The van der Waals surface area contributed by atoms with Crippen molar-refractivity contribution in [3.63, 3.8) is 0 Å². The van der Waals surface area contributed by atoms with Gasteiger partial charge in [-0.25, -0.2) is 0 Å². The Balaban J connectivity index is 1.29. The Morgan fingerprint density at radius 2 is 1.64 bits per heavy atom. The molecular formula is C21H23N3O. The molecule has 0 saturated carbocycles. The lowest BCUT2D eigenvalue weighted by atomic mass is 9.81. The van der Waals surface area contributed by atoms with Gasteiger partial charge in [-0.15, -0.1) is 0 Å². The van der Waals surface area contributed by atoms with E-state index in [0.717, 1.165) is 51.3 Å². The van der Waals surface area contributed by atoms with Crippen LogP contribution in [0.25, 0.3) is 0 Å². The van der Waals surface area contributed by atoms with Crippen molar-refractivity contribution in [1.29, 1.82) is 0 Å². The quantitative estimate of drug-likeness (QED) is 0.918. The van der Waals surface area contributed by atoms with Crippen molar-refractivity contribution in [3.05, 3.63) is 65.2 Å². The summed E-state index contributed by atoms with van der Waals surface area (Å²) in [6.07, 6.45) is 1.13. The van der Waals surface area contributed by atoms with Gasteiger partial charge >= 0.3 is 0 Å². The maximum atomic E-state index is 12.8. The van der Waals surface area contributed by atoms with Crippen molar-refractivity contribution in [3.8, 4) is 0 Å². The Bertz CT molecular complexity index is 785. The maximum Gasteiger partial charge on any atom is 0.253 e. The van der Waals surface area contributed by atoms with Crippen molar-refractivity contribution < 1.29 is 4.79 Å². The van der Waals surface area contributed by atoms with Crippen LogP contribution in [0.4, 0.5) is 5.69 Å². The topological polar surface area (TPSA) is 35.6 Å². The zero-order chi connectivity index (χ0) is 16.9. The molecule has 5 rings (SSSR count). The fourth-order valence-corrected chi connectivity index (χ4v) is 4.39. The largest absolute Gasteiger partial charge is 0.363 e. The molecule has 0 radical (unpaired) electrons. The zero-order valence-electron chi connectivity index (χ0n) is 14.4. The SMILES string of the molecule is O=C(c1ccc(N2Cc3ccccc3C2)cc1)N1CCC2(CNC2)C1. The number of rotatable bonds is 2. The highest BCUT2D eigenvalue weighted by Gasteiger charge is 2.44. The number of hydrogen-bond donors (Lipinski definition) is 1. The number of nitrogens with one attached hydrogen (secondary N) is 1. The molecule has 0 atom stereocenters. The van der Waals surface area contributed by atoms with Gasteiger partial charge in [0, 0.05) is 55.9 Å². The summed E-state index contributed by atoms with van der Waals surface area (Å²) in [4.78, 5) is 17.2. The first-order chi connectivity index (χ1) is 12.2. The normalized spacial score (nSPS) is 20.6. The van der Waals surface area contributed by atoms with Crippen molar-refractivity contribution >= 4 is 11.6 Å². The standard InChI is InChI=1S/C21H23N3O/c25-20(23-10-9-21(15-23)13-22-14-21)16-5-7-19(8-6-16)24-11-17-3-1-2-4-18(17)12-24/h1-8,22H,9-15H2. The molecular weight excluding hydrogens is 310 g/mol. The van der Waals surface area contributed by atoms with Gasteiger partial charge in [0.15, 0.2) is 0 Å². The fourth-order valence-electron chi connectivity index (χ4n) is 4.39. The van der Waals surface area contributed by atoms with E-state index in [-0.39, 0.29) is 5.91 Å². The third-order valence-electron chi connectivity index (χ3n) is 6.05. The van der Waals surface area contributed by atoms with E-state index in [0.29, 0.717) is 5.41 Å². The number of anilines is 1. The molecule has 2 fully saturated rings. The number of fused-ring (bicyclic) bond motifs is 1. The lowest BCUT2D eigenvalue weighted by Gasteiger charge is -2.39. The van der Waals surface area contributed by atoms with Gasteiger partial charge in [-0.2, -0.15) is 0 Å². The number of nitrogens with zero attached hydrogens (tertiary/aromatic N) is 2. The van der Waals surface area contributed by atoms with Crippen LogP contribution in [0.2, 0.25) is 0 Å². The molecule has 2 aromatic rings. The molecule has 2 aromatic carbocycles. The number of carbonyl (C=O) groups excluding carboxylic acids is 1. The van der Waals surface area contributed by atoms with Crippen LogP contribution in [0.15, 0.2) is 48.5 Å². The van der Waals surface area contributed by atoms with Crippen LogP contribution >= 0.6 is 0 Å². The molecule has 0 aromatic heterocycles. The second kappa shape index (κ2) is 5.60. The Kier molecular flexibility index (Phi) is 3.35. The van der Waals surface area contributed by atoms with Gasteiger partial charge in [0.25, 0.3) is 5.91 Å². The zero-order valence-corrected chi connectivity index (χ0v) is 14.4. The molecule has 3 heterocycles. The first-order valence-corrected chi connectivity index (χ1v) is 9.14. The van der Waals surface area contributed by atoms with Crippen LogP contribution < -0.4 is 10.2 Å². The highest BCUT2D eigenvalue weighted by molar-refractivity contribution is 5.94. The van der Waals surface area contributed by atoms with Gasteiger partial charge in [-0.05, 0) is 41.8 Å². The summed E-state index contributed by atoms with van der Waals surface area (Å²) >= 11 is 0.